The van der Waals surface area contributed by atoms with E-state index < -0.39 is 12.2 Å². The highest BCUT2D eigenvalue weighted by atomic mass is 16.6. The summed E-state index contributed by atoms with van der Waals surface area (Å²) in [5.41, 5.74) is 11.1. The second kappa shape index (κ2) is 38.5. The Labute approximate surface area is 708 Å². The van der Waals surface area contributed by atoms with Gasteiger partial charge in [-0.15, -0.1) is 0 Å². The Kier molecular flexibility index (Phi) is 30.3. The highest BCUT2D eigenvalue weighted by molar-refractivity contribution is 5.93. The van der Waals surface area contributed by atoms with Gasteiger partial charge in [0.15, 0.2) is 0 Å². The van der Waals surface area contributed by atoms with Crippen LogP contribution in [0, 0.1) is 134 Å². The predicted molar refractivity (Wildman–Crippen MR) is 461 cm³/mol. The first-order chi connectivity index (χ1) is 55.8. The number of hydrogen-bond donors (Lipinski definition) is 3. The molecule has 17 nitrogen and oxygen atoms in total. The number of carbonyl (C=O) groups is 6. The third-order valence-corrected chi connectivity index (χ3v) is 34.7. The first-order valence-electron chi connectivity index (χ1n) is 45.7. The molecule has 0 bridgehead atoms. The Bertz CT molecular complexity index is 3820. The molecule has 2 unspecified atom stereocenters. The molecule has 15 aliphatic rings. The molecule has 15 rings (SSSR count). The second-order valence-electron chi connectivity index (χ2n) is 40.7. The lowest BCUT2D eigenvalue weighted by atomic mass is 9.50. The summed E-state index contributed by atoms with van der Waals surface area (Å²) in [6, 6.07) is 0. The zero-order valence-electron chi connectivity index (χ0n) is 75.2. The van der Waals surface area contributed by atoms with Crippen molar-refractivity contribution in [2.45, 2.75) is 288 Å². The molecule has 29 atom stereocenters. The van der Waals surface area contributed by atoms with E-state index in [4.69, 9.17) is 37.9 Å². The van der Waals surface area contributed by atoms with E-state index in [-0.39, 0.29) is 99.9 Å². The molecule has 0 aromatic carbocycles. The number of aliphatic hydroxyl groups is 3. The van der Waals surface area contributed by atoms with Gasteiger partial charge in [0.05, 0.1) is 55.4 Å². The number of Topliss-reactive ketones (excluding diaryl/α,β-unsaturated/α-hetero) is 1. The molecular formula is C101H150O17. The van der Waals surface area contributed by atoms with Gasteiger partial charge in [-0.2, -0.15) is 0 Å². The minimum atomic E-state index is -0.777. The zero-order chi connectivity index (χ0) is 86.0. The number of aliphatic hydroxyl groups excluding tert-OH is 3. The van der Waals surface area contributed by atoms with Gasteiger partial charge in [-0.25, -0.2) is 24.0 Å². The molecule has 10 aliphatic carbocycles. The molecule has 656 valence electrons. The van der Waals surface area contributed by atoms with Gasteiger partial charge >= 0.3 is 29.8 Å². The number of methoxy groups -OCH3 is 3. The summed E-state index contributed by atoms with van der Waals surface area (Å²) < 4.78 is 42.4. The van der Waals surface area contributed by atoms with E-state index in [1.54, 1.807) is 0 Å². The molecule has 5 heterocycles. The summed E-state index contributed by atoms with van der Waals surface area (Å²) in [6.07, 6.45) is 36.4. The van der Waals surface area contributed by atoms with Gasteiger partial charge in [0.2, 0.25) is 0 Å². The lowest BCUT2D eigenvalue weighted by molar-refractivity contribution is -0.136. The normalized spacial score (nSPS) is 44.4. The fourth-order valence-corrected chi connectivity index (χ4v) is 26.9. The van der Waals surface area contributed by atoms with Gasteiger partial charge < -0.3 is 53.2 Å². The number of hydrogen-bond acceptors (Lipinski definition) is 17. The number of ketones is 1. The van der Waals surface area contributed by atoms with Crippen molar-refractivity contribution in [3.05, 3.63) is 119 Å². The van der Waals surface area contributed by atoms with Crippen LogP contribution in [0.25, 0.3) is 0 Å². The lowest BCUT2D eigenvalue weighted by Gasteiger charge is -2.55. The molecule has 5 saturated heterocycles. The molecule has 0 spiro atoms. The Balaban J connectivity index is 0.000000145. The lowest BCUT2D eigenvalue weighted by Crippen LogP contribution is -2.50. The van der Waals surface area contributed by atoms with Crippen LogP contribution in [-0.2, 0) is 66.7 Å². The van der Waals surface area contributed by atoms with Crippen LogP contribution in [0.5, 0.6) is 0 Å². The van der Waals surface area contributed by atoms with Gasteiger partial charge in [-0.05, 0) is 265 Å². The van der Waals surface area contributed by atoms with Crippen LogP contribution < -0.4 is 0 Å². The van der Waals surface area contributed by atoms with Crippen LogP contribution in [0.15, 0.2) is 119 Å². The van der Waals surface area contributed by atoms with E-state index in [2.05, 4.69) is 141 Å². The molecule has 0 radical (unpaired) electrons. The van der Waals surface area contributed by atoms with Crippen LogP contribution in [0.1, 0.15) is 251 Å². The highest BCUT2D eigenvalue weighted by Gasteiger charge is 2.57. The summed E-state index contributed by atoms with van der Waals surface area (Å²) in [4.78, 5) is 71.2. The second-order valence-corrected chi connectivity index (χ2v) is 40.7. The van der Waals surface area contributed by atoms with Crippen molar-refractivity contribution < 1.29 is 82.0 Å². The minimum Gasteiger partial charge on any atom is -0.462 e. The van der Waals surface area contributed by atoms with Crippen molar-refractivity contribution in [1.82, 2.24) is 0 Å². The third kappa shape index (κ3) is 18.7. The van der Waals surface area contributed by atoms with Crippen molar-refractivity contribution in [2.24, 2.45) is 134 Å². The van der Waals surface area contributed by atoms with Crippen LogP contribution in [0.2, 0.25) is 0 Å². The maximum absolute atomic E-state index is 12.1. The highest BCUT2D eigenvalue weighted by Crippen LogP contribution is 2.63. The first kappa shape index (κ1) is 92.9. The predicted octanol–water partition coefficient (Wildman–Crippen LogP) is 19.0. The number of esters is 5. The number of allylic oxidation sites excluding steroid dienone is 11. The summed E-state index contributed by atoms with van der Waals surface area (Å²) in [5.74, 6) is 6.94. The molecule has 5 aliphatic heterocycles. The van der Waals surface area contributed by atoms with E-state index >= 15 is 0 Å². The maximum Gasteiger partial charge on any atom is 0.336 e. The summed E-state index contributed by atoms with van der Waals surface area (Å²) in [6.45, 7) is 50.8. The number of fused-ring (bicyclic) bond motifs is 5. The molecule has 0 aromatic rings. The molecule has 0 aromatic heterocycles. The summed E-state index contributed by atoms with van der Waals surface area (Å²) >= 11 is 0. The van der Waals surface area contributed by atoms with Crippen molar-refractivity contribution in [3.8, 4) is 0 Å². The fraction of sp³-hybridized carbons (Fsp3) is 0.743. The Hall–Kier alpha value is -5.82. The van der Waals surface area contributed by atoms with Crippen LogP contribution in [-0.4, -0.2) is 142 Å². The summed E-state index contributed by atoms with van der Waals surface area (Å²) in [7, 11) is 5.49. The molecule has 9 saturated carbocycles. The van der Waals surface area contributed by atoms with Gasteiger partial charge in [0, 0.05) is 68.1 Å². The average molecular weight is 1640 g/mol. The van der Waals surface area contributed by atoms with Crippen molar-refractivity contribution in [1.29, 1.82) is 0 Å². The molecule has 0 amide bonds. The van der Waals surface area contributed by atoms with E-state index in [1.165, 1.54) is 47.1 Å². The molecular weight excluding hydrogens is 1490 g/mol. The number of cyclic esters (lactones) is 5. The molecule has 14 fully saturated rings. The third-order valence-electron chi connectivity index (χ3n) is 34.7. The van der Waals surface area contributed by atoms with Crippen LogP contribution >= 0.6 is 0 Å². The fourth-order valence-electron chi connectivity index (χ4n) is 26.9. The standard InChI is InChI=1S/C21H32O3.2C20H30O4.C20H30O3.C20H28O3/c1-13-6-8-18-15(3)19(23-5)10-11-21(18,4)17(13)9-7-16-14(2)12-24-20(16)22;2*1-12-5-7-16-13(2)18(23-4)9-10-20(16,3)15(12)8-6-14-17(21)11-24-19(14)22;2*1-12-5-7-17-14(3)18(21)9-10-20(17,4)16(12)8-6-15-13(2)11-23-19(15)22/h7,14-15,17-19H,1,6,8-12H2,2-5H3;5-6,13,15-18,21H,7-11H2,1-4H3;6,13,15-18,21H,1,5,7-11H2,2-4H3;6,13-14,16-18,21H,1,5,7-11H2,2-4H3;6,13-14,16-17H,1,5,7-11H2,2-4H3/b16-7+;2*14-6+;2*15-6+/t14-,15-,17-,18-,19?,21+;2*13-,15-,16-,17-,18-,20+;13-,14-,16-,17-,18?,20+;13-,14-,16-,17-,20+/m11111/s1. The quantitative estimate of drug-likeness (QED) is 0.0672. The number of ether oxygens (including phenoxy) is 8. The smallest absolute Gasteiger partial charge is 0.336 e. The van der Waals surface area contributed by atoms with E-state index in [0.717, 1.165) is 145 Å². The van der Waals surface area contributed by atoms with Gasteiger partial charge in [0.1, 0.15) is 31.2 Å². The minimum absolute atomic E-state index is 0.0860. The van der Waals surface area contributed by atoms with Crippen molar-refractivity contribution >= 4 is 35.6 Å². The van der Waals surface area contributed by atoms with Crippen LogP contribution in [0.4, 0.5) is 0 Å². The monoisotopic (exact) mass is 1640 g/mol. The average Bonchev–Trinajstić information content (AvgIpc) is 1.07. The van der Waals surface area contributed by atoms with E-state index in [0.29, 0.717) is 144 Å². The molecule has 3 N–H and O–H groups in total. The Morgan fingerprint density at radius 2 is 0.661 bits per heavy atom. The topological polar surface area (TPSA) is 237 Å². The van der Waals surface area contributed by atoms with E-state index in [1.807, 2.05) is 40.4 Å². The number of carbonyl (C=O) groups excluding carboxylic acids is 6. The first-order valence-corrected chi connectivity index (χ1v) is 45.7. The van der Waals surface area contributed by atoms with Crippen molar-refractivity contribution in [3.63, 3.8) is 0 Å². The van der Waals surface area contributed by atoms with Gasteiger partial charge in [0.25, 0.3) is 0 Å². The van der Waals surface area contributed by atoms with Gasteiger partial charge in [-0.3, -0.25) is 4.79 Å². The van der Waals surface area contributed by atoms with Gasteiger partial charge in [-0.1, -0.05) is 181 Å². The Morgan fingerprint density at radius 3 is 0.992 bits per heavy atom. The SMILES string of the molecule is C=C1CC[C@@H]2[C@@H](C)C(=O)CC[C@@]2(C)[C@@H]1C/C=C1/C(=O)OC[C@H]1C.C=C1CC[C@@H]2[C@@H](C)C(O)CC[C@@]2(C)[C@@H]1C/C=C1/C(=O)OC[C@H]1C.C=C1CC[C@@H]2[C@@H](C)C(OC)CC[C@@]2(C)[C@@H]1C/C=C1/C(=O)OC[C@H]1C.C=C1CC[C@@H]2[C@@H](C)[C@H](OC)CC[C@@]2(C)[C@@H]1C/C=C1/C(=O)OC[C@H]1O.CO[C@@H]1CC[C@@]2(C)[C@H](C/C=C3/C(=O)OC[C@H]3O)C(C)=CC[C@@H]2[C@H]1C. The summed E-state index contributed by atoms with van der Waals surface area (Å²) in [5, 5.41) is 30.1. The molecule has 118 heavy (non-hydrogen) atoms. The zero-order valence-corrected chi connectivity index (χ0v) is 75.2. The van der Waals surface area contributed by atoms with Crippen LogP contribution in [0.3, 0.4) is 0 Å². The number of rotatable bonds is 13. The van der Waals surface area contributed by atoms with E-state index in [9.17, 15) is 44.1 Å². The molecule has 17 heteroatoms. The van der Waals surface area contributed by atoms with Crippen molar-refractivity contribution in [2.75, 3.05) is 54.4 Å². The maximum atomic E-state index is 12.1. The Morgan fingerprint density at radius 1 is 0.373 bits per heavy atom. The largest absolute Gasteiger partial charge is 0.462 e.